The van der Waals surface area contributed by atoms with Gasteiger partial charge in [-0.1, -0.05) is 33.6 Å². The first kappa shape index (κ1) is 11.4. The highest BCUT2D eigenvalue weighted by Gasteiger charge is 2.11. The third-order valence-corrected chi connectivity index (χ3v) is 4.84. The van der Waals surface area contributed by atoms with Crippen molar-refractivity contribution >= 4 is 54.4 Å². The minimum Gasteiger partial charge on any atom is -0.252 e. The Hall–Kier alpha value is -0.120. The Kier molecular flexibility index (Phi) is 3.06. The monoisotopic (exact) mass is 347 g/mol. The van der Waals surface area contributed by atoms with Crippen LogP contribution in [0.5, 0.6) is 0 Å². The minimum atomic E-state index is 0.730. The molecule has 0 N–H and O–H groups in total. The van der Waals surface area contributed by atoms with Gasteiger partial charge in [-0.25, -0.2) is 0 Å². The zero-order valence-corrected chi connectivity index (χ0v) is 12.2. The average molecular weight is 349 g/mol. The van der Waals surface area contributed by atoms with Crippen LogP contribution in [0.25, 0.3) is 10.9 Å². The fourth-order valence-corrected chi connectivity index (χ4v) is 2.40. The Labute approximate surface area is 110 Å². The number of hydrogen-bond acceptors (Lipinski definition) is 1. The van der Waals surface area contributed by atoms with Crippen LogP contribution in [0, 0.1) is 13.8 Å². The molecule has 1 nitrogen and oxygen atoms in total. The molecule has 15 heavy (non-hydrogen) atoms. The Balaban J connectivity index is 2.98. The van der Waals surface area contributed by atoms with Crippen molar-refractivity contribution in [2.24, 2.45) is 0 Å². The second-order valence-electron chi connectivity index (χ2n) is 3.39. The van der Waals surface area contributed by atoms with Gasteiger partial charge in [0.1, 0.15) is 0 Å². The van der Waals surface area contributed by atoms with Crippen molar-refractivity contribution in [2.45, 2.75) is 13.8 Å². The second-order valence-corrected chi connectivity index (χ2v) is 5.42. The highest BCUT2D eigenvalue weighted by molar-refractivity contribution is 9.11. The van der Waals surface area contributed by atoms with Crippen molar-refractivity contribution in [3.8, 4) is 0 Å². The highest BCUT2D eigenvalue weighted by Crippen LogP contribution is 2.35. The lowest BCUT2D eigenvalue weighted by Gasteiger charge is -2.08. The molecule has 0 aliphatic rings. The summed E-state index contributed by atoms with van der Waals surface area (Å²) in [6.45, 7) is 3.97. The maximum absolute atomic E-state index is 6.25. The van der Waals surface area contributed by atoms with Crippen LogP contribution in [0.3, 0.4) is 0 Å². The Bertz CT molecular complexity index is 552. The molecule has 1 aromatic heterocycles. The van der Waals surface area contributed by atoms with Crippen molar-refractivity contribution in [1.82, 2.24) is 4.98 Å². The summed E-state index contributed by atoms with van der Waals surface area (Å²) in [7, 11) is 0. The summed E-state index contributed by atoms with van der Waals surface area (Å²) in [4.78, 5) is 4.54. The van der Waals surface area contributed by atoms with Crippen LogP contribution < -0.4 is 0 Å². The van der Waals surface area contributed by atoms with Crippen LogP contribution in [-0.2, 0) is 0 Å². The lowest BCUT2D eigenvalue weighted by molar-refractivity contribution is 1.22. The molecule has 0 unspecified atom stereocenters. The van der Waals surface area contributed by atoms with Gasteiger partial charge in [0, 0.05) is 9.86 Å². The van der Waals surface area contributed by atoms with E-state index in [0.29, 0.717) is 0 Å². The maximum atomic E-state index is 6.25. The molecule has 4 heteroatoms. The van der Waals surface area contributed by atoms with Crippen LogP contribution in [-0.4, -0.2) is 4.98 Å². The molecule has 0 saturated heterocycles. The molecule has 0 spiro atoms. The van der Waals surface area contributed by atoms with Crippen molar-refractivity contribution in [1.29, 1.82) is 0 Å². The number of aromatic nitrogens is 1. The Morgan fingerprint density at radius 2 is 1.87 bits per heavy atom. The van der Waals surface area contributed by atoms with Gasteiger partial charge in [-0.15, -0.1) is 0 Å². The van der Waals surface area contributed by atoms with E-state index in [1.165, 1.54) is 0 Å². The molecule has 1 aromatic carbocycles. The third kappa shape index (κ3) is 1.81. The molecular formula is C11H8Br2ClN. The molecular weight excluding hydrogens is 341 g/mol. The van der Waals surface area contributed by atoms with Crippen molar-refractivity contribution in [3.63, 3.8) is 0 Å². The highest BCUT2D eigenvalue weighted by atomic mass is 79.9. The van der Waals surface area contributed by atoms with Crippen molar-refractivity contribution < 1.29 is 0 Å². The molecule has 1 heterocycles. The Morgan fingerprint density at radius 3 is 2.53 bits per heavy atom. The molecule has 0 saturated carbocycles. The van der Waals surface area contributed by atoms with E-state index in [9.17, 15) is 0 Å². The lowest BCUT2D eigenvalue weighted by atomic mass is 10.1. The van der Waals surface area contributed by atoms with Crippen LogP contribution in [0.2, 0.25) is 5.02 Å². The summed E-state index contributed by atoms with van der Waals surface area (Å²) in [5, 5.41) is 1.71. The van der Waals surface area contributed by atoms with Gasteiger partial charge in [0.25, 0.3) is 0 Å². The van der Waals surface area contributed by atoms with Gasteiger partial charge in [0.05, 0.1) is 20.7 Å². The van der Waals surface area contributed by atoms with Gasteiger partial charge in [-0.3, -0.25) is 4.98 Å². The zero-order valence-electron chi connectivity index (χ0n) is 8.24. The Morgan fingerprint density at radius 1 is 1.20 bits per heavy atom. The van der Waals surface area contributed by atoms with Crippen LogP contribution in [0.15, 0.2) is 21.1 Å². The summed E-state index contributed by atoms with van der Waals surface area (Å²) >= 11 is 13.2. The molecule has 0 amide bonds. The fraction of sp³-hybridized carbons (Fsp3) is 0.182. The van der Waals surface area contributed by atoms with E-state index in [4.69, 9.17) is 11.6 Å². The van der Waals surface area contributed by atoms with Crippen LogP contribution in [0.1, 0.15) is 11.3 Å². The second kappa shape index (κ2) is 4.04. The first-order chi connectivity index (χ1) is 7.02. The van der Waals surface area contributed by atoms with E-state index in [1.807, 2.05) is 26.0 Å². The molecule has 0 aliphatic carbocycles. The zero-order chi connectivity index (χ0) is 11.2. The van der Waals surface area contributed by atoms with Crippen LogP contribution >= 0.6 is 43.5 Å². The first-order valence-corrected chi connectivity index (χ1v) is 6.39. The molecule has 2 rings (SSSR count). The molecule has 0 aliphatic heterocycles. The topological polar surface area (TPSA) is 12.9 Å². The summed E-state index contributed by atoms with van der Waals surface area (Å²) in [5.74, 6) is 0. The predicted molar refractivity (Wildman–Crippen MR) is 71.6 cm³/mol. The molecule has 0 fully saturated rings. The number of rotatable bonds is 0. The molecule has 78 valence electrons. The van der Waals surface area contributed by atoms with E-state index in [-0.39, 0.29) is 0 Å². The van der Waals surface area contributed by atoms with Gasteiger partial charge < -0.3 is 0 Å². The van der Waals surface area contributed by atoms with E-state index in [2.05, 4.69) is 36.8 Å². The molecule has 0 bridgehead atoms. The lowest BCUT2D eigenvalue weighted by Crippen LogP contribution is -1.91. The van der Waals surface area contributed by atoms with E-state index < -0.39 is 0 Å². The smallest absolute Gasteiger partial charge is 0.0761 e. The number of benzene rings is 1. The average Bonchev–Trinajstić information content (AvgIpc) is 2.21. The number of pyridine rings is 1. The third-order valence-electron chi connectivity index (χ3n) is 2.39. The molecule has 2 aromatic rings. The first-order valence-electron chi connectivity index (χ1n) is 4.42. The quantitative estimate of drug-likeness (QED) is 0.650. The number of fused-ring (bicyclic) bond motifs is 1. The maximum Gasteiger partial charge on any atom is 0.0761 e. The summed E-state index contributed by atoms with van der Waals surface area (Å²) in [6.07, 6.45) is 0. The molecule has 0 atom stereocenters. The van der Waals surface area contributed by atoms with E-state index in [0.717, 1.165) is 36.1 Å². The summed E-state index contributed by atoms with van der Waals surface area (Å²) < 4.78 is 1.93. The number of aryl methyl sites for hydroxylation is 2. The summed E-state index contributed by atoms with van der Waals surface area (Å²) in [5.41, 5.74) is 2.98. The van der Waals surface area contributed by atoms with Crippen molar-refractivity contribution in [2.75, 3.05) is 0 Å². The SMILES string of the molecule is Cc1nc2c(C)c(Br)ccc2c(Cl)c1Br. The van der Waals surface area contributed by atoms with Crippen LogP contribution in [0.4, 0.5) is 0 Å². The van der Waals surface area contributed by atoms with Gasteiger partial charge in [0.15, 0.2) is 0 Å². The fourth-order valence-electron chi connectivity index (χ4n) is 1.49. The predicted octanol–water partition coefficient (Wildman–Crippen LogP) is 5.03. The van der Waals surface area contributed by atoms with Crippen molar-refractivity contribution in [3.05, 3.63) is 37.4 Å². The standard InChI is InChI=1S/C11H8Br2ClN/c1-5-8(12)4-3-7-10(14)9(13)6(2)15-11(5)7/h3-4H,1-2H3. The number of halogens is 3. The summed E-state index contributed by atoms with van der Waals surface area (Å²) in [6, 6.07) is 3.97. The van der Waals surface area contributed by atoms with Gasteiger partial charge in [0.2, 0.25) is 0 Å². The molecule has 0 radical (unpaired) electrons. The van der Waals surface area contributed by atoms with Gasteiger partial charge in [-0.05, 0) is 41.4 Å². The number of hydrogen-bond donors (Lipinski definition) is 0. The van der Waals surface area contributed by atoms with Gasteiger partial charge >= 0.3 is 0 Å². The van der Waals surface area contributed by atoms with E-state index in [1.54, 1.807) is 0 Å². The minimum absolute atomic E-state index is 0.730. The van der Waals surface area contributed by atoms with E-state index >= 15 is 0 Å². The largest absolute Gasteiger partial charge is 0.252 e. The van der Waals surface area contributed by atoms with Gasteiger partial charge in [-0.2, -0.15) is 0 Å². The number of nitrogens with zero attached hydrogens (tertiary/aromatic N) is 1. The normalized spacial score (nSPS) is 11.0.